The van der Waals surface area contributed by atoms with E-state index in [2.05, 4.69) is 26.9 Å². The number of nitrogens with zero attached hydrogens (tertiary/aromatic N) is 1. The summed E-state index contributed by atoms with van der Waals surface area (Å²) in [4.78, 5) is 13.0. The predicted octanol–water partition coefficient (Wildman–Crippen LogP) is 2.08. The average molecular weight is 262 g/mol. The normalized spacial score (nSPS) is 22.6. The van der Waals surface area contributed by atoms with Gasteiger partial charge in [-0.15, -0.1) is 0 Å². The number of carboxylic acids is 1. The van der Waals surface area contributed by atoms with E-state index in [9.17, 15) is 4.79 Å². The van der Waals surface area contributed by atoms with Crippen molar-refractivity contribution in [3.8, 4) is 0 Å². The van der Waals surface area contributed by atoms with Crippen LogP contribution in [0.25, 0.3) is 0 Å². The lowest BCUT2D eigenvalue weighted by Gasteiger charge is -2.33. The largest absolute Gasteiger partial charge is 0.481 e. The van der Waals surface area contributed by atoms with Gasteiger partial charge in [0.2, 0.25) is 0 Å². The van der Waals surface area contributed by atoms with E-state index in [1.165, 1.54) is 0 Å². The number of hydrogen-bond donors (Lipinski definition) is 1. The Bertz CT molecular complexity index is 253. The van der Waals surface area contributed by atoms with Crippen molar-refractivity contribution < 1.29 is 9.90 Å². The van der Waals surface area contributed by atoms with Gasteiger partial charge >= 0.3 is 5.97 Å². The molecule has 0 aromatic carbocycles. The number of hydrogen-bond acceptors (Lipinski definition) is 2. The van der Waals surface area contributed by atoms with Crippen LogP contribution in [0.5, 0.6) is 0 Å². The Balaban J connectivity index is 2.57. The fourth-order valence-electron chi connectivity index (χ4n) is 1.59. The van der Waals surface area contributed by atoms with Crippen molar-refractivity contribution in [3.05, 3.63) is 10.6 Å². The summed E-state index contributed by atoms with van der Waals surface area (Å²) in [5.41, 5.74) is 0. The van der Waals surface area contributed by atoms with Crippen molar-refractivity contribution in [1.82, 2.24) is 4.90 Å². The predicted molar refractivity (Wildman–Crippen MR) is 59.5 cm³/mol. The van der Waals surface area contributed by atoms with Crippen LogP contribution in [-0.2, 0) is 4.79 Å². The van der Waals surface area contributed by atoms with Crippen molar-refractivity contribution >= 4 is 21.9 Å². The summed E-state index contributed by atoms with van der Waals surface area (Å²) in [5.74, 6) is -1.03. The first-order valence-corrected chi connectivity index (χ1v) is 5.63. The molecule has 1 aliphatic heterocycles. The molecule has 80 valence electrons. The molecule has 1 aliphatic rings. The van der Waals surface area contributed by atoms with Gasteiger partial charge in [-0.2, -0.15) is 0 Å². The first kappa shape index (κ1) is 11.7. The van der Waals surface area contributed by atoms with E-state index in [-0.39, 0.29) is 12.0 Å². The van der Waals surface area contributed by atoms with Gasteiger partial charge in [-0.05, 0) is 13.3 Å². The van der Waals surface area contributed by atoms with Crippen LogP contribution < -0.4 is 0 Å². The first-order chi connectivity index (χ1) is 6.52. The lowest BCUT2D eigenvalue weighted by Crippen LogP contribution is -2.42. The lowest BCUT2D eigenvalue weighted by molar-refractivity contribution is -0.143. The number of aliphatic carboxylic acids is 1. The molecule has 2 unspecified atom stereocenters. The maximum Gasteiger partial charge on any atom is 0.307 e. The van der Waals surface area contributed by atoms with E-state index in [0.29, 0.717) is 0 Å². The number of rotatable bonds is 3. The van der Waals surface area contributed by atoms with Crippen molar-refractivity contribution in [2.75, 3.05) is 13.1 Å². The SMILES string of the molecule is CC(C(=O)O)C(C)N1CCC=C(Br)C1. The zero-order chi connectivity index (χ0) is 10.7. The topological polar surface area (TPSA) is 40.5 Å². The molecule has 0 aromatic heterocycles. The van der Waals surface area contributed by atoms with E-state index < -0.39 is 5.97 Å². The minimum atomic E-state index is -0.719. The molecule has 4 heteroatoms. The third-order valence-corrected chi connectivity index (χ3v) is 3.40. The van der Waals surface area contributed by atoms with Crippen LogP contribution >= 0.6 is 15.9 Å². The van der Waals surface area contributed by atoms with Crippen LogP contribution in [-0.4, -0.2) is 35.1 Å². The quantitative estimate of drug-likeness (QED) is 0.846. The Morgan fingerprint density at radius 2 is 2.29 bits per heavy atom. The van der Waals surface area contributed by atoms with Gasteiger partial charge in [-0.1, -0.05) is 28.9 Å². The van der Waals surface area contributed by atoms with Gasteiger partial charge in [-0.3, -0.25) is 9.69 Å². The van der Waals surface area contributed by atoms with Gasteiger partial charge in [-0.25, -0.2) is 0 Å². The molecule has 2 atom stereocenters. The highest BCUT2D eigenvalue weighted by molar-refractivity contribution is 9.11. The maximum absolute atomic E-state index is 10.8. The monoisotopic (exact) mass is 261 g/mol. The average Bonchev–Trinajstić information content (AvgIpc) is 2.15. The highest BCUT2D eigenvalue weighted by Gasteiger charge is 2.26. The van der Waals surface area contributed by atoms with E-state index >= 15 is 0 Å². The summed E-state index contributed by atoms with van der Waals surface area (Å²) >= 11 is 3.46. The molecule has 0 bridgehead atoms. The standard InChI is InChI=1S/C10H16BrNO2/c1-7(10(13)14)8(2)12-5-3-4-9(11)6-12/h4,7-8H,3,5-6H2,1-2H3,(H,13,14). The molecule has 0 spiro atoms. The Morgan fingerprint density at radius 1 is 1.64 bits per heavy atom. The Labute approximate surface area is 92.9 Å². The second-order valence-electron chi connectivity index (χ2n) is 3.78. The van der Waals surface area contributed by atoms with Gasteiger partial charge in [0.15, 0.2) is 0 Å². The van der Waals surface area contributed by atoms with Crippen LogP contribution in [0.3, 0.4) is 0 Å². The van der Waals surface area contributed by atoms with Crippen LogP contribution in [0.2, 0.25) is 0 Å². The molecule has 3 nitrogen and oxygen atoms in total. The highest BCUT2D eigenvalue weighted by atomic mass is 79.9. The molecule has 0 aliphatic carbocycles. The van der Waals surface area contributed by atoms with Crippen LogP contribution in [0.15, 0.2) is 10.6 Å². The lowest BCUT2D eigenvalue weighted by atomic mass is 10.0. The number of carboxylic acid groups (broad SMARTS) is 1. The number of halogens is 1. The molecule has 1 N–H and O–H groups in total. The summed E-state index contributed by atoms with van der Waals surface area (Å²) in [7, 11) is 0. The minimum Gasteiger partial charge on any atom is -0.481 e. The van der Waals surface area contributed by atoms with Crippen LogP contribution in [0.4, 0.5) is 0 Å². The van der Waals surface area contributed by atoms with Crippen LogP contribution in [0.1, 0.15) is 20.3 Å². The van der Waals surface area contributed by atoms with Gasteiger partial charge in [0.1, 0.15) is 0 Å². The molecule has 0 aromatic rings. The van der Waals surface area contributed by atoms with Crippen molar-refractivity contribution in [3.63, 3.8) is 0 Å². The van der Waals surface area contributed by atoms with E-state index in [4.69, 9.17) is 5.11 Å². The third kappa shape index (κ3) is 2.82. The molecule has 0 fully saturated rings. The van der Waals surface area contributed by atoms with E-state index in [1.807, 2.05) is 6.92 Å². The molecule has 0 amide bonds. The second-order valence-corrected chi connectivity index (χ2v) is 4.80. The molecule has 1 rings (SSSR count). The van der Waals surface area contributed by atoms with Crippen LogP contribution in [0, 0.1) is 5.92 Å². The Hall–Kier alpha value is -0.350. The maximum atomic E-state index is 10.8. The summed E-state index contributed by atoms with van der Waals surface area (Å²) in [6.45, 7) is 5.52. The first-order valence-electron chi connectivity index (χ1n) is 4.83. The minimum absolute atomic E-state index is 0.0914. The van der Waals surface area contributed by atoms with Gasteiger partial charge in [0.25, 0.3) is 0 Å². The molecule has 0 saturated heterocycles. The Morgan fingerprint density at radius 3 is 2.79 bits per heavy atom. The summed E-state index contributed by atoms with van der Waals surface area (Å²) in [6, 6.07) is 0.0914. The summed E-state index contributed by atoms with van der Waals surface area (Å²) < 4.78 is 1.16. The third-order valence-electron chi connectivity index (χ3n) is 2.83. The van der Waals surface area contributed by atoms with Gasteiger partial charge < -0.3 is 5.11 Å². The molecular weight excluding hydrogens is 246 g/mol. The van der Waals surface area contributed by atoms with E-state index in [0.717, 1.165) is 24.0 Å². The second kappa shape index (κ2) is 4.94. The molecule has 14 heavy (non-hydrogen) atoms. The van der Waals surface area contributed by atoms with Crippen molar-refractivity contribution in [2.24, 2.45) is 5.92 Å². The molecule has 0 saturated carbocycles. The molecular formula is C10H16BrNO2. The van der Waals surface area contributed by atoms with E-state index in [1.54, 1.807) is 6.92 Å². The summed E-state index contributed by atoms with van der Waals surface area (Å²) in [6.07, 6.45) is 3.14. The zero-order valence-electron chi connectivity index (χ0n) is 8.53. The van der Waals surface area contributed by atoms with Crippen molar-refractivity contribution in [2.45, 2.75) is 26.3 Å². The zero-order valence-corrected chi connectivity index (χ0v) is 10.1. The number of carbonyl (C=O) groups is 1. The van der Waals surface area contributed by atoms with Gasteiger partial charge in [0, 0.05) is 23.6 Å². The van der Waals surface area contributed by atoms with Gasteiger partial charge in [0.05, 0.1) is 5.92 Å². The fourth-order valence-corrected chi connectivity index (χ4v) is 2.15. The smallest absolute Gasteiger partial charge is 0.307 e. The Kier molecular flexibility index (Phi) is 4.13. The highest BCUT2D eigenvalue weighted by Crippen LogP contribution is 2.20. The summed E-state index contributed by atoms with van der Waals surface area (Å²) in [5, 5.41) is 8.90. The van der Waals surface area contributed by atoms with Crippen molar-refractivity contribution in [1.29, 1.82) is 0 Å². The fraction of sp³-hybridized carbons (Fsp3) is 0.700. The molecule has 0 radical (unpaired) electrons. The molecule has 1 heterocycles.